The number of fused-ring (bicyclic) bond motifs is 3. The normalized spacial score (nSPS) is 27.2. The first-order valence-electron chi connectivity index (χ1n) is 9.23. The van der Waals surface area contributed by atoms with Crippen molar-refractivity contribution >= 4 is 22.9 Å². The molecule has 4 nitrogen and oxygen atoms in total. The average Bonchev–Trinajstić information content (AvgIpc) is 3.34. The zero-order valence-electron chi connectivity index (χ0n) is 15.7. The van der Waals surface area contributed by atoms with Gasteiger partial charge in [0.2, 0.25) is 0 Å². The maximum absolute atomic E-state index is 12.7. The number of aromatic amines is 1. The number of carbonyl (C=O) groups is 1. The predicted molar refractivity (Wildman–Crippen MR) is 105 cm³/mol. The van der Waals surface area contributed by atoms with Gasteiger partial charge in [-0.3, -0.25) is 4.79 Å². The second-order valence-electron chi connectivity index (χ2n) is 7.88. The van der Waals surface area contributed by atoms with Gasteiger partial charge in [-0.25, -0.2) is 0 Å². The number of rotatable bonds is 5. The van der Waals surface area contributed by atoms with E-state index in [-0.39, 0.29) is 11.9 Å². The lowest BCUT2D eigenvalue weighted by Gasteiger charge is -2.29. The van der Waals surface area contributed by atoms with Crippen LogP contribution in [0.15, 0.2) is 42.6 Å². The van der Waals surface area contributed by atoms with E-state index >= 15 is 0 Å². The van der Waals surface area contributed by atoms with Gasteiger partial charge in [-0.2, -0.15) is 0 Å². The van der Waals surface area contributed by atoms with Crippen LogP contribution in [-0.2, 0) is 16.1 Å². The monoisotopic (exact) mass is 350 g/mol. The smallest absolute Gasteiger partial charge is 0.316 e. The fraction of sp³-hybridized carbons (Fsp3) is 0.409. The largest absolute Gasteiger partial charge is 0.468 e. The Labute approximate surface area is 154 Å². The van der Waals surface area contributed by atoms with E-state index in [4.69, 9.17) is 4.74 Å². The molecule has 2 aliphatic rings. The van der Waals surface area contributed by atoms with Gasteiger partial charge in [0.15, 0.2) is 0 Å². The topological polar surface area (TPSA) is 45.3 Å². The molecular weight excluding hydrogens is 324 g/mol. The van der Waals surface area contributed by atoms with Crippen molar-refractivity contribution in [3.63, 3.8) is 0 Å². The summed E-state index contributed by atoms with van der Waals surface area (Å²) in [5.74, 6) is 0.638. The molecule has 0 radical (unpaired) electrons. The van der Waals surface area contributed by atoms with Crippen molar-refractivity contribution < 1.29 is 9.53 Å². The molecule has 1 fully saturated rings. The van der Waals surface area contributed by atoms with Gasteiger partial charge in [0.05, 0.1) is 12.5 Å². The number of carbonyl (C=O) groups excluding carboxylic acids is 1. The molecule has 1 heterocycles. The van der Waals surface area contributed by atoms with E-state index in [1.54, 1.807) is 0 Å². The molecule has 1 aromatic heterocycles. The molecule has 0 saturated heterocycles. The first-order valence-corrected chi connectivity index (χ1v) is 9.23. The van der Waals surface area contributed by atoms with E-state index in [9.17, 15) is 4.79 Å². The quantitative estimate of drug-likeness (QED) is 0.655. The highest BCUT2D eigenvalue weighted by Crippen LogP contribution is 2.54. The van der Waals surface area contributed by atoms with Gasteiger partial charge < -0.3 is 14.6 Å². The van der Waals surface area contributed by atoms with Crippen molar-refractivity contribution in [3.8, 4) is 0 Å². The Kier molecular flexibility index (Phi) is 4.23. The highest BCUT2D eigenvalue weighted by Gasteiger charge is 2.52. The molecule has 4 rings (SSSR count). The second kappa shape index (κ2) is 6.44. The van der Waals surface area contributed by atoms with Gasteiger partial charge in [0.25, 0.3) is 0 Å². The number of hydrogen-bond donors (Lipinski definition) is 1. The van der Waals surface area contributed by atoms with Gasteiger partial charge in [0, 0.05) is 23.6 Å². The molecule has 2 aromatic rings. The summed E-state index contributed by atoms with van der Waals surface area (Å²) in [5, 5.41) is 1.23. The molecule has 26 heavy (non-hydrogen) atoms. The number of nitrogens with zero attached hydrogens (tertiary/aromatic N) is 1. The first kappa shape index (κ1) is 17.1. The Morgan fingerprint density at radius 2 is 2.23 bits per heavy atom. The van der Waals surface area contributed by atoms with Gasteiger partial charge >= 0.3 is 5.97 Å². The van der Waals surface area contributed by atoms with Crippen LogP contribution in [0.2, 0.25) is 0 Å². The first-order chi connectivity index (χ1) is 12.5. The molecule has 0 spiro atoms. The summed E-state index contributed by atoms with van der Waals surface area (Å²) < 4.78 is 5.19. The van der Waals surface area contributed by atoms with Crippen LogP contribution in [0.25, 0.3) is 17.0 Å². The number of benzene rings is 1. The Bertz CT molecular complexity index is 893. The van der Waals surface area contributed by atoms with E-state index in [0.29, 0.717) is 5.92 Å². The zero-order chi connectivity index (χ0) is 18.3. The lowest BCUT2D eigenvalue weighted by molar-refractivity contribution is -0.151. The standard InChI is InChI=1S/C22H26N2O2/c1-24(2)14-17-13-23-19-6-4-5-16(20(17)19)9-10-22(21(25)26-3)12-15-7-8-18(22)11-15/h4-10,13,15,18,23H,11-12,14H2,1-3H3/b10-9+/t15-,18+,22-/m0/s1. The maximum Gasteiger partial charge on any atom is 0.316 e. The minimum absolute atomic E-state index is 0.111. The molecule has 136 valence electrons. The Hall–Kier alpha value is -2.33. The van der Waals surface area contributed by atoms with Crippen LogP contribution in [0.4, 0.5) is 0 Å². The van der Waals surface area contributed by atoms with Crippen LogP contribution in [0.3, 0.4) is 0 Å². The van der Waals surface area contributed by atoms with Crippen molar-refractivity contribution in [2.45, 2.75) is 19.4 Å². The predicted octanol–water partition coefficient (Wildman–Crippen LogP) is 4.00. The van der Waals surface area contributed by atoms with Crippen LogP contribution in [0.5, 0.6) is 0 Å². The van der Waals surface area contributed by atoms with E-state index in [1.165, 1.54) is 18.1 Å². The molecule has 1 N–H and O–H groups in total. The van der Waals surface area contributed by atoms with Crippen molar-refractivity contribution in [2.75, 3.05) is 21.2 Å². The van der Waals surface area contributed by atoms with Crippen LogP contribution in [0, 0.1) is 17.3 Å². The minimum atomic E-state index is -0.519. The van der Waals surface area contributed by atoms with Gasteiger partial charge in [-0.15, -0.1) is 0 Å². The lowest BCUT2D eigenvalue weighted by atomic mass is 9.75. The number of H-pyrrole nitrogens is 1. The summed E-state index contributed by atoms with van der Waals surface area (Å²) in [6, 6.07) is 6.28. The summed E-state index contributed by atoms with van der Waals surface area (Å²) >= 11 is 0. The molecular formula is C22H26N2O2. The molecule has 2 bridgehead atoms. The Morgan fingerprint density at radius 3 is 2.88 bits per heavy atom. The third-order valence-electron chi connectivity index (χ3n) is 5.87. The van der Waals surface area contributed by atoms with Gasteiger partial charge in [-0.05, 0) is 56.0 Å². The summed E-state index contributed by atoms with van der Waals surface area (Å²) in [7, 11) is 5.64. The molecule has 3 atom stereocenters. The summed E-state index contributed by atoms with van der Waals surface area (Å²) in [4.78, 5) is 18.2. The molecule has 0 amide bonds. The number of hydrogen-bond acceptors (Lipinski definition) is 3. The Morgan fingerprint density at radius 1 is 1.38 bits per heavy atom. The summed E-state index contributed by atoms with van der Waals surface area (Å²) in [5.41, 5.74) is 3.03. The zero-order valence-corrected chi connectivity index (χ0v) is 15.7. The molecule has 1 saturated carbocycles. The molecule has 0 unspecified atom stereocenters. The molecule has 4 heteroatoms. The molecule has 1 aromatic carbocycles. The molecule has 0 aliphatic heterocycles. The van der Waals surface area contributed by atoms with E-state index in [1.807, 2.05) is 0 Å². The second-order valence-corrected chi connectivity index (χ2v) is 7.88. The van der Waals surface area contributed by atoms with Crippen LogP contribution >= 0.6 is 0 Å². The van der Waals surface area contributed by atoms with Crippen molar-refractivity contribution in [1.29, 1.82) is 0 Å². The van der Waals surface area contributed by atoms with Gasteiger partial charge in [0.1, 0.15) is 0 Å². The average molecular weight is 350 g/mol. The fourth-order valence-electron chi connectivity index (χ4n) is 4.71. The van der Waals surface area contributed by atoms with Crippen LogP contribution in [-0.4, -0.2) is 37.1 Å². The number of esters is 1. The Balaban J connectivity index is 1.75. The van der Waals surface area contributed by atoms with Gasteiger partial charge in [-0.1, -0.05) is 36.4 Å². The number of methoxy groups -OCH3 is 1. The molecule has 2 aliphatic carbocycles. The SMILES string of the molecule is COC(=O)[C@@]1(/C=C/c2cccc3[nH]cc(CN(C)C)c23)C[C@H]2C=C[C@@H]1C2. The van der Waals surface area contributed by atoms with Crippen LogP contribution in [0.1, 0.15) is 24.0 Å². The van der Waals surface area contributed by atoms with Crippen molar-refractivity contribution in [3.05, 3.63) is 53.8 Å². The summed E-state index contributed by atoms with van der Waals surface area (Å²) in [6.45, 7) is 0.875. The lowest BCUT2D eigenvalue weighted by Crippen LogP contribution is -2.34. The van der Waals surface area contributed by atoms with E-state index < -0.39 is 5.41 Å². The van der Waals surface area contributed by atoms with Crippen molar-refractivity contribution in [2.24, 2.45) is 17.3 Å². The van der Waals surface area contributed by atoms with Crippen molar-refractivity contribution in [1.82, 2.24) is 9.88 Å². The highest BCUT2D eigenvalue weighted by atomic mass is 16.5. The number of nitrogens with one attached hydrogen (secondary N) is 1. The summed E-state index contributed by atoms with van der Waals surface area (Å²) in [6.07, 6.45) is 12.7. The maximum atomic E-state index is 12.7. The number of allylic oxidation sites excluding steroid dienone is 2. The van der Waals surface area contributed by atoms with E-state index in [2.05, 4.69) is 72.7 Å². The van der Waals surface area contributed by atoms with Crippen LogP contribution < -0.4 is 0 Å². The third-order valence-corrected chi connectivity index (χ3v) is 5.87. The minimum Gasteiger partial charge on any atom is -0.468 e. The fourth-order valence-corrected chi connectivity index (χ4v) is 4.71. The number of ether oxygens (including phenoxy) is 1. The third kappa shape index (κ3) is 2.69. The van der Waals surface area contributed by atoms with E-state index in [0.717, 1.165) is 30.5 Å². The highest BCUT2D eigenvalue weighted by molar-refractivity contribution is 5.92. The number of aromatic nitrogens is 1.